The van der Waals surface area contributed by atoms with Crippen molar-refractivity contribution in [3.63, 3.8) is 0 Å². The van der Waals surface area contributed by atoms with Gasteiger partial charge in [0, 0.05) is 0 Å². The molecule has 0 radical (unpaired) electrons. The zero-order valence-corrected chi connectivity index (χ0v) is 9.14. The Morgan fingerprint density at radius 1 is 1.56 bits per heavy atom. The van der Waals surface area contributed by atoms with E-state index < -0.39 is 17.8 Å². The van der Waals surface area contributed by atoms with Gasteiger partial charge < -0.3 is 10.4 Å². The van der Waals surface area contributed by atoms with Crippen molar-refractivity contribution in [3.8, 4) is 0 Å². The lowest BCUT2D eigenvalue weighted by Gasteiger charge is -2.19. The average molecular weight is 227 g/mol. The molecule has 1 aromatic rings. The van der Waals surface area contributed by atoms with Crippen molar-refractivity contribution >= 4 is 11.9 Å². The lowest BCUT2D eigenvalue weighted by molar-refractivity contribution is -0.139. The van der Waals surface area contributed by atoms with Crippen molar-refractivity contribution in [1.29, 1.82) is 0 Å². The van der Waals surface area contributed by atoms with Crippen LogP contribution in [0.2, 0.25) is 0 Å². The second-order valence-electron chi connectivity index (χ2n) is 3.57. The number of rotatable bonds is 5. The summed E-state index contributed by atoms with van der Waals surface area (Å²) in [4.78, 5) is 18.3. The van der Waals surface area contributed by atoms with Gasteiger partial charge in [-0.15, -0.1) is 0 Å². The van der Waals surface area contributed by atoms with Crippen LogP contribution in [0.4, 0.5) is 10.3 Å². The summed E-state index contributed by atoms with van der Waals surface area (Å²) in [5, 5.41) is 11.7. The van der Waals surface area contributed by atoms with E-state index in [4.69, 9.17) is 5.11 Å². The second-order valence-corrected chi connectivity index (χ2v) is 3.57. The molecule has 2 N–H and O–H groups in total. The number of hydrogen-bond donors (Lipinski definition) is 2. The van der Waals surface area contributed by atoms with Gasteiger partial charge in [-0.3, -0.25) is 0 Å². The molecule has 5 nitrogen and oxygen atoms in total. The summed E-state index contributed by atoms with van der Waals surface area (Å²) in [7, 11) is 0. The largest absolute Gasteiger partial charge is 0.480 e. The molecule has 0 fully saturated rings. The summed E-state index contributed by atoms with van der Waals surface area (Å²) in [6, 6.07) is -0.768. The fourth-order valence-corrected chi connectivity index (χ4v) is 1.21. The topological polar surface area (TPSA) is 75.1 Å². The summed E-state index contributed by atoms with van der Waals surface area (Å²) >= 11 is 0. The number of aliphatic carboxylic acids is 1. The summed E-state index contributed by atoms with van der Waals surface area (Å²) in [6.45, 7) is 3.71. The van der Waals surface area contributed by atoms with E-state index in [9.17, 15) is 9.18 Å². The molecule has 2 atom stereocenters. The van der Waals surface area contributed by atoms with E-state index in [2.05, 4.69) is 15.3 Å². The Balaban J connectivity index is 2.75. The van der Waals surface area contributed by atoms with Crippen molar-refractivity contribution < 1.29 is 14.3 Å². The fourth-order valence-electron chi connectivity index (χ4n) is 1.21. The number of nitrogens with zero attached hydrogens (tertiary/aromatic N) is 2. The van der Waals surface area contributed by atoms with Gasteiger partial charge in [-0.25, -0.2) is 19.2 Å². The van der Waals surface area contributed by atoms with Crippen LogP contribution in [-0.2, 0) is 4.79 Å². The maximum absolute atomic E-state index is 12.5. The van der Waals surface area contributed by atoms with Crippen molar-refractivity contribution in [2.24, 2.45) is 5.92 Å². The maximum Gasteiger partial charge on any atom is 0.326 e. The number of aromatic nitrogens is 2. The molecular weight excluding hydrogens is 213 g/mol. The molecule has 6 heteroatoms. The molecule has 1 heterocycles. The van der Waals surface area contributed by atoms with Gasteiger partial charge in [0.2, 0.25) is 5.95 Å². The van der Waals surface area contributed by atoms with E-state index in [0.717, 1.165) is 12.4 Å². The quantitative estimate of drug-likeness (QED) is 0.797. The Bertz CT molecular complexity index is 356. The van der Waals surface area contributed by atoms with Crippen LogP contribution in [0.3, 0.4) is 0 Å². The Kier molecular flexibility index (Phi) is 4.16. The van der Waals surface area contributed by atoms with E-state index in [1.807, 2.05) is 13.8 Å². The maximum atomic E-state index is 12.5. The first-order chi connectivity index (χ1) is 7.54. The van der Waals surface area contributed by atoms with Gasteiger partial charge in [-0.1, -0.05) is 20.3 Å². The zero-order chi connectivity index (χ0) is 12.1. The minimum atomic E-state index is -0.970. The molecule has 0 aliphatic carbocycles. The molecule has 0 aromatic carbocycles. The number of nitrogens with one attached hydrogen (secondary N) is 1. The minimum Gasteiger partial charge on any atom is -0.480 e. The molecule has 0 amide bonds. The molecule has 88 valence electrons. The van der Waals surface area contributed by atoms with Gasteiger partial charge in [-0.05, 0) is 5.92 Å². The third-order valence-corrected chi connectivity index (χ3v) is 2.38. The van der Waals surface area contributed by atoms with E-state index in [1.165, 1.54) is 0 Å². The molecule has 0 aliphatic heterocycles. The summed E-state index contributed by atoms with van der Waals surface area (Å²) in [5.74, 6) is -1.47. The molecule has 1 aromatic heterocycles. The van der Waals surface area contributed by atoms with Crippen LogP contribution >= 0.6 is 0 Å². The highest BCUT2D eigenvalue weighted by Gasteiger charge is 2.23. The van der Waals surface area contributed by atoms with Crippen LogP contribution in [0.15, 0.2) is 12.4 Å². The molecule has 16 heavy (non-hydrogen) atoms. The van der Waals surface area contributed by atoms with E-state index in [1.54, 1.807) is 0 Å². The third kappa shape index (κ3) is 3.15. The second kappa shape index (κ2) is 5.39. The number of carbonyl (C=O) groups is 1. The highest BCUT2D eigenvalue weighted by atomic mass is 19.1. The first-order valence-corrected chi connectivity index (χ1v) is 5.01. The standard InChI is InChI=1S/C10H14FN3O2/c1-3-6(2)8(9(15)16)14-10-12-4-7(11)5-13-10/h4-6,8H,3H2,1-2H3,(H,15,16)(H,12,13,14)/t6-,8-/m0/s1. The van der Waals surface area contributed by atoms with Crippen LogP contribution in [-0.4, -0.2) is 27.1 Å². The lowest BCUT2D eigenvalue weighted by Crippen LogP contribution is -2.36. The summed E-state index contributed by atoms with van der Waals surface area (Å²) in [5.41, 5.74) is 0. The Morgan fingerprint density at radius 2 is 2.12 bits per heavy atom. The molecule has 0 saturated carbocycles. The van der Waals surface area contributed by atoms with Gasteiger partial charge >= 0.3 is 5.97 Å². The molecule has 1 rings (SSSR count). The number of carboxylic acid groups (broad SMARTS) is 1. The summed E-state index contributed by atoms with van der Waals surface area (Å²) in [6.07, 6.45) is 2.70. The smallest absolute Gasteiger partial charge is 0.326 e. The van der Waals surface area contributed by atoms with Crippen molar-refractivity contribution in [2.45, 2.75) is 26.3 Å². The SMILES string of the molecule is CC[C@H](C)[C@H](Nc1ncc(F)cn1)C(=O)O. The normalized spacial score (nSPS) is 14.2. The molecule has 0 saturated heterocycles. The van der Waals surface area contributed by atoms with Crippen LogP contribution in [0.1, 0.15) is 20.3 Å². The van der Waals surface area contributed by atoms with E-state index in [-0.39, 0.29) is 11.9 Å². The van der Waals surface area contributed by atoms with Crippen LogP contribution in [0, 0.1) is 11.7 Å². The number of anilines is 1. The number of carboxylic acids is 1. The van der Waals surface area contributed by atoms with Crippen molar-refractivity contribution in [2.75, 3.05) is 5.32 Å². The first-order valence-electron chi connectivity index (χ1n) is 5.01. The highest BCUT2D eigenvalue weighted by Crippen LogP contribution is 2.12. The van der Waals surface area contributed by atoms with Crippen LogP contribution < -0.4 is 5.32 Å². The monoisotopic (exact) mass is 227 g/mol. The predicted molar refractivity (Wildman–Crippen MR) is 56.5 cm³/mol. The fraction of sp³-hybridized carbons (Fsp3) is 0.500. The zero-order valence-electron chi connectivity index (χ0n) is 9.14. The lowest BCUT2D eigenvalue weighted by atomic mass is 9.99. The van der Waals surface area contributed by atoms with Gasteiger partial charge in [0.15, 0.2) is 5.82 Å². The molecule has 0 spiro atoms. The first kappa shape index (κ1) is 12.4. The molecular formula is C10H14FN3O2. The predicted octanol–water partition coefficient (Wildman–Crippen LogP) is 1.53. The van der Waals surface area contributed by atoms with Gasteiger partial charge in [0.25, 0.3) is 0 Å². The average Bonchev–Trinajstić information content (AvgIpc) is 2.27. The van der Waals surface area contributed by atoms with E-state index in [0.29, 0.717) is 6.42 Å². The third-order valence-electron chi connectivity index (χ3n) is 2.38. The Morgan fingerprint density at radius 3 is 2.56 bits per heavy atom. The van der Waals surface area contributed by atoms with Crippen LogP contribution in [0.25, 0.3) is 0 Å². The molecule has 0 unspecified atom stereocenters. The van der Waals surface area contributed by atoms with Gasteiger partial charge in [0.1, 0.15) is 6.04 Å². The Hall–Kier alpha value is -1.72. The Labute approximate surface area is 92.7 Å². The van der Waals surface area contributed by atoms with Crippen molar-refractivity contribution in [3.05, 3.63) is 18.2 Å². The summed E-state index contributed by atoms with van der Waals surface area (Å²) < 4.78 is 12.5. The number of hydrogen-bond acceptors (Lipinski definition) is 4. The van der Waals surface area contributed by atoms with Crippen LogP contribution in [0.5, 0.6) is 0 Å². The van der Waals surface area contributed by atoms with E-state index >= 15 is 0 Å². The van der Waals surface area contributed by atoms with Gasteiger partial charge in [-0.2, -0.15) is 0 Å². The number of halogens is 1. The molecule has 0 bridgehead atoms. The van der Waals surface area contributed by atoms with Crippen molar-refractivity contribution in [1.82, 2.24) is 9.97 Å². The minimum absolute atomic E-state index is 0.0637. The van der Waals surface area contributed by atoms with Gasteiger partial charge in [0.05, 0.1) is 12.4 Å². The highest BCUT2D eigenvalue weighted by molar-refractivity contribution is 5.76. The molecule has 0 aliphatic rings.